The number of rotatable bonds is 5. The second-order valence-electron chi connectivity index (χ2n) is 5.33. The zero-order valence-corrected chi connectivity index (χ0v) is 13.2. The van der Waals surface area contributed by atoms with E-state index in [4.69, 9.17) is 4.42 Å². The maximum absolute atomic E-state index is 12.2. The van der Waals surface area contributed by atoms with Crippen LogP contribution in [0.5, 0.6) is 0 Å². The van der Waals surface area contributed by atoms with Gasteiger partial charge in [-0.3, -0.25) is 4.68 Å². The first-order valence-electron chi connectivity index (χ1n) is 6.92. The summed E-state index contributed by atoms with van der Waals surface area (Å²) < 4.78 is 34.3. The Balaban J connectivity index is 1.73. The molecule has 3 aromatic rings. The van der Waals surface area contributed by atoms with Crippen molar-refractivity contribution in [1.82, 2.24) is 14.5 Å². The molecule has 0 saturated heterocycles. The van der Waals surface area contributed by atoms with Gasteiger partial charge in [0.2, 0.25) is 10.0 Å². The fourth-order valence-electron chi connectivity index (χ4n) is 2.35. The van der Waals surface area contributed by atoms with E-state index in [1.165, 1.54) is 17.1 Å². The zero-order chi connectivity index (χ0) is 15.7. The van der Waals surface area contributed by atoms with Gasteiger partial charge >= 0.3 is 0 Å². The van der Waals surface area contributed by atoms with Gasteiger partial charge in [-0.25, -0.2) is 13.1 Å². The molecule has 1 atom stereocenters. The van der Waals surface area contributed by atoms with Crippen molar-refractivity contribution < 1.29 is 12.8 Å². The summed E-state index contributed by atoms with van der Waals surface area (Å²) in [7, 11) is -1.89. The number of nitrogens with zero attached hydrogens (tertiary/aromatic N) is 2. The van der Waals surface area contributed by atoms with E-state index in [9.17, 15) is 8.42 Å². The van der Waals surface area contributed by atoms with Crippen molar-refractivity contribution in [2.24, 2.45) is 7.05 Å². The Morgan fingerprint density at radius 1 is 1.36 bits per heavy atom. The number of benzene rings is 1. The van der Waals surface area contributed by atoms with Gasteiger partial charge in [-0.05, 0) is 19.1 Å². The van der Waals surface area contributed by atoms with Crippen LogP contribution in [-0.4, -0.2) is 24.2 Å². The Bertz CT molecular complexity index is 863. The second-order valence-corrected chi connectivity index (χ2v) is 7.04. The van der Waals surface area contributed by atoms with Crippen molar-refractivity contribution in [3.63, 3.8) is 0 Å². The Morgan fingerprint density at radius 2 is 2.14 bits per heavy atom. The van der Waals surface area contributed by atoms with Crippen molar-refractivity contribution in [2.45, 2.75) is 24.3 Å². The molecular weight excluding hydrogens is 302 g/mol. The van der Waals surface area contributed by atoms with Gasteiger partial charge < -0.3 is 4.42 Å². The van der Waals surface area contributed by atoms with E-state index in [2.05, 4.69) is 9.82 Å². The maximum atomic E-state index is 12.2. The molecule has 0 aliphatic carbocycles. The van der Waals surface area contributed by atoms with E-state index >= 15 is 0 Å². The lowest BCUT2D eigenvalue weighted by Crippen LogP contribution is -2.33. The Kier molecular flexibility index (Phi) is 3.76. The second kappa shape index (κ2) is 5.58. The monoisotopic (exact) mass is 319 g/mol. The molecule has 0 aliphatic heterocycles. The summed E-state index contributed by atoms with van der Waals surface area (Å²) in [4.78, 5) is 0.159. The molecule has 0 bridgehead atoms. The van der Waals surface area contributed by atoms with Gasteiger partial charge in [0.15, 0.2) is 0 Å². The highest BCUT2D eigenvalue weighted by Crippen LogP contribution is 2.20. The van der Waals surface area contributed by atoms with Crippen LogP contribution >= 0.6 is 0 Å². The number of aromatic nitrogens is 2. The lowest BCUT2D eigenvalue weighted by atomic mass is 10.2. The van der Waals surface area contributed by atoms with E-state index in [0.717, 1.165) is 16.7 Å². The normalized spacial score (nSPS) is 13.5. The zero-order valence-electron chi connectivity index (χ0n) is 12.4. The number of aryl methyl sites for hydroxylation is 1. The van der Waals surface area contributed by atoms with Crippen LogP contribution in [0.1, 0.15) is 12.7 Å². The van der Waals surface area contributed by atoms with Gasteiger partial charge in [-0.15, -0.1) is 0 Å². The maximum Gasteiger partial charge on any atom is 0.243 e. The molecule has 0 aliphatic rings. The topological polar surface area (TPSA) is 77.1 Å². The van der Waals surface area contributed by atoms with Gasteiger partial charge in [-0.1, -0.05) is 18.2 Å². The van der Waals surface area contributed by atoms with E-state index in [-0.39, 0.29) is 10.9 Å². The molecule has 7 heteroatoms. The van der Waals surface area contributed by atoms with Crippen LogP contribution in [0.4, 0.5) is 0 Å². The first-order chi connectivity index (χ1) is 10.4. The first kappa shape index (κ1) is 14.8. The SMILES string of the molecule is C[C@@H](Cc1cc2ccccc2o1)NS(=O)(=O)c1cnn(C)c1. The summed E-state index contributed by atoms with van der Waals surface area (Å²) in [5.74, 6) is 0.752. The molecule has 0 unspecified atom stereocenters. The van der Waals surface area contributed by atoms with E-state index in [0.29, 0.717) is 6.42 Å². The molecule has 1 aromatic carbocycles. The smallest absolute Gasteiger partial charge is 0.243 e. The average Bonchev–Trinajstić information content (AvgIpc) is 3.03. The van der Waals surface area contributed by atoms with Crippen molar-refractivity contribution in [3.05, 3.63) is 48.5 Å². The summed E-state index contributed by atoms with van der Waals surface area (Å²) >= 11 is 0. The Hall–Kier alpha value is -2.12. The molecule has 116 valence electrons. The van der Waals surface area contributed by atoms with Crippen LogP contribution in [0.15, 0.2) is 52.0 Å². The summed E-state index contributed by atoms with van der Waals surface area (Å²) in [6, 6.07) is 9.35. The Labute approximate surface area is 128 Å². The minimum Gasteiger partial charge on any atom is -0.461 e. The number of para-hydroxylation sites is 1. The fraction of sp³-hybridized carbons (Fsp3) is 0.267. The van der Waals surface area contributed by atoms with Crippen LogP contribution in [0.2, 0.25) is 0 Å². The van der Waals surface area contributed by atoms with Crippen molar-refractivity contribution >= 4 is 21.0 Å². The number of fused-ring (bicyclic) bond motifs is 1. The highest BCUT2D eigenvalue weighted by Gasteiger charge is 2.20. The predicted octanol–water partition coefficient (Wildman–Crippen LogP) is 2.08. The van der Waals surface area contributed by atoms with Crippen LogP contribution in [0, 0.1) is 0 Å². The van der Waals surface area contributed by atoms with Crippen LogP contribution in [0.25, 0.3) is 11.0 Å². The first-order valence-corrected chi connectivity index (χ1v) is 8.41. The van der Waals surface area contributed by atoms with Gasteiger partial charge in [-0.2, -0.15) is 5.10 Å². The molecule has 0 radical (unpaired) electrons. The molecule has 0 saturated carbocycles. The minimum absolute atomic E-state index is 0.159. The summed E-state index contributed by atoms with van der Waals surface area (Å²) in [6.07, 6.45) is 3.28. The van der Waals surface area contributed by atoms with E-state index in [1.807, 2.05) is 30.3 Å². The third-order valence-electron chi connectivity index (χ3n) is 3.33. The highest BCUT2D eigenvalue weighted by molar-refractivity contribution is 7.89. The molecule has 1 N–H and O–H groups in total. The number of furan rings is 1. The van der Waals surface area contributed by atoms with Gasteiger partial charge in [0.05, 0.1) is 6.20 Å². The van der Waals surface area contributed by atoms with Gasteiger partial charge in [0.25, 0.3) is 0 Å². The van der Waals surface area contributed by atoms with Crippen LogP contribution in [-0.2, 0) is 23.5 Å². The number of nitrogens with one attached hydrogen (secondary N) is 1. The quantitative estimate of drug-likeness (QED) is 0.781. The molecular formula is C15H17N3O3S. The summed E-state index contributed by atoms with van der Waals surface area (Å²) in [5.41, 5.74) is 0.805. The molecule has 2 heterocycles. The molecule has 3 rings (SSSR count). The van der Waals surface area contributed by atoms with Crippen LogP contribution in [0.3, 0.4) is 0 Å². The molecule has 2 aromatic heterocycles. The largest absolute Gasteiger partial charge is 0.461 e. The van der Waals surface area contributed by atoms with Gasteiger partial charge in [0, 0.05) is 31.1 Å². The van der Waals surface area contributed by atoms with Crippen molar-refractivity contribution in [2.75, 3.05) is 0 Å². The van der Waals surface area contributed by atoms with Crippen molar-refractivity contribution in [3.8, 4) is 0 Å². The van der Waals surface area contributed by atoms with Gasteiger partial charge in [0.1, 0.15) is 16.2 Å². The molecule has 6 nitrogen and oxygen atoms in total. The molecule has 0 fully saturated rings. The van der Waals surface area contributed by atoms with E-state index < -0.39 is 10.0 Å². The molecule has 22 heavy (non-hydrogen) atoms. The van der Waals surface area contributed by atoms with Crippen molar-refractivity contribution in [1.29, 1.82) is 0 Å². The Morgan fingerprint density at radius 3 is 2.82 bits per heavy atom. The van der Waals surface area contributed by atoms with E-state index in [1.54, 1.807) is 14.0 Å². The standard InChI is InChI=1S/C15H17N3O3S/c1-11(17-22(19,20)14-9-16-18(2)10-14)7-13-8-12-5-3-4-6-15(12)21-13/h3-6,8-11,17H,7H2,1-2H3/t11-/m0/s1. The minimum atomic E-state index is -3.56. The van der Waals surface area contributed by atoms with Crippen LogP contribution < -0.4 is 4.72 Å². The predicted molar refractivity (Wildman–Crippen MR) is 82.9 cm³/mol. The number of sulfonamides is 1. The average molecular weight is 319 g/mol. The molecule has 0 spiro atoms. The third kappa shape index (κ3) is 3.05. The molecule has 0 amide bonds. The lowest BCUT2D eigenvalue weighted by molar-refractivity contribution is 0.504. The lowest BCUT2D eigenvalue weighted by Gasteiger charge is -2.11. The number of hydrogen-bond acceptors (Lipinski definition) is 4. The fourth-order valence-corrected chi connectivity index (χ4v) is 3.58. The third-order valence-corrected chi connectivity index (χ3v) is 4.88. The highest BCUT2D eigenvalue weighted by atomic mass is 32.2. The summed E-state index contributed by atoms with van der Waals surface area (Å²) in [5, 5.41) is 4.90. The summed E-state index contributed by atoms with van der Waals surface area (Å²) in [6.45, 7) is 1.81. The number of hydrogen-bond donors (Lipinski definition) is 1.